The molecule has 13 nitrogen and oxygen atoms in total. The molecule has 0 aromatic heterocycles. The molecule has 0 aliphatic carbocycles. The Morgan fingerprint density at radius 3 is 2.00 bits per heavy atom. The highest BCUT2D eigenvalue weighted by Crippen LogP contribution is 2.34. The maximum Gasteiger partial charge on any atom is 0.308 e. The van der Waals surface area contributed by atoms with Crippen molar-refractivity contribution < 1.29 is 56.9 Å². The van der Waals surface area contributed by atoms with Crippen molar-refractivity contribution in [2.45, 2.75) is 65.3 Å². The summed E-state index contributed by atoms with van der Waals surface area (Å²) in [4.78, 5) is 57.0. The van der Waals surface area contributed by atoms with Gasteiger partial charge in [-0.05, 0) is 18.6 Å². The van der Waals surface area contributed by atoms with Gasteiger partial charge in [-0.3, -0.25) is 29.3 Å². The van der Waals surface area contributed by atoms with Crippen molar-refractivity contribution in [1.82, 2.24) is 0 Å². The number of ether oxygens (including phenoxy) is 6. The maximum absolute atomic E-state index is 14.0. The third-order valence-electron chi connectivity index (χ3n) is 4.63. The van der Waals surface area contributed by atoms with E-state index in [1.807, 2.05) is 0 Å². The summed E-state index contributed by atoms with van der Waals surface area (Å²) in [6.07, 6.45) is -7.32. The number of carbonyl (C=O) groups excluding carboxylic acids is 4. The third kappa shape index (κ3) is 7.34. The summed E-state index contributed by atoms with van der Waals surface area (Å²) in [5, 5.41) is 11.2. The van der Waals surface area contributed by atoms with Crippen molar-refractivity contribution >= 4 is 29.6 Å². The number of hydrogen-bond donors (Lipinski definition) is 0. The van der Waals surface area contributed by atoms with Gasteiger partial charge in [0.2, 0.25) is 18.2 Å². The monoisotopic (exact) mass is 501 g/mol. The van der Waals surface area contributed by atoms with E-state index in [1.54, 1.807) is 0 Å². The zero-order valence-electron chi connectivity index (χ0n) is 19.5. The van der Waals surface area contributed by atoms with Gasteiger partial charge in [0.15, 0.2) is 12.2 Å². The van der Waals surface area contributed by atoms with Crippen LogP contribution in [-0.2, 0) is 42.9 Å². The Kier molecular flexibility index (Phi) is 9.05. The van der Waals surface area contributed by atoms with Crippen molar-refractivity contribution in [3.63, 3.8) is 0 Å². The summed E-state index contributed by atoms with van der Waals surface area (Å²) in [5.74, 6) is -4.53. The molecule has 1 saturated heterocycles. The molecule has 1 aliphatic rings. The topological polar surface area (TPSA) is 167 Å². The lowest BCUT2D eigenvalue weighted by molar-refractivity contribution is -0.387. The number of rotatable bonds is 8. The van der Waals surface area contributed by atoms with E-state index < -0.39 is 77.6 Å². The third-order valence-corrected chi connectivity index (χ3v) is 4.63. The molecule has 0 N–H and O–H groups in total. The van der Waals surface area contributed by atoms with E-state index in [2.05, 4.69) is 0 Å². The quantitative estimate of drug-likeness (QED) is 0.218. The second-order valence-corrected chi connectivity index (χ2v) is 7.51. The summed E-state index contributed by atoms with van der Waals surface area (Å²) < 4.78 is 46.1. The highest BCUT2D eigenvalue weighted by atomic mass is 19.1. The van der Waals surface area contributed by atoms with E-state index in [-0.39, 0.29) is 11.3 Å². The standard InChI is InChI=1S/C21H24FNO12/c1-9-6-14(22)15(23(28)29)7-16(9)34-21-20(33-13(5)27)19(32-12(4)26)18(31-11(3)25)17(35-21)8-30-10(2)24/h6-7,17-21H,8H2,1-5H3. The van der Waals surface area contributed by atoms with Crippen LogP contribution in [-0.4, -0.2) is 66.1 Å². The number of nitro groups is 1. The van der Waals surface area contributed by atoms with E-state index in [4.69, 9.17) is 28.4 Å². The molecule has 5 unspecified atom stereocenters. The SMILES string of the molecule is CC(=O)OCC1OC(Oc2cc([N+](=O)[O-])c(F)cc2C)C(OC(C)=O)C(OC(C)=O)C1OC(C)=O. The Labute approximate surface area is 198 Å². The van der Waals surface area contributed by atoms with Crippen molar-refractivity contribution in [3.05, 3.63) is 33.6 Å². The van der Waals surface area contributed by atoms with Gasteiger partial charge < -0.3 is 28.4 Å². The molecule has 0 spiro atoms. The highest BCUT2D eigenvalue weighted by molar-refractivity contribution is 5.68. The number of carbonyl (C=O) groups is 4. The first kappa shape index (κ1) is 27.4. The zero-order valence-corrected chi connectivity index (χ0v) is 19.5. The Hall–Kier alpha value is -3.81. The van der Waals surface area contributed by atoms with Gasteiger partial charge in [-0.25, -0.2) is 0 Å². The fourth-order valence-corrected chi connectivity index (χ4v) is 3.32. The first-order chi connectivity index (χ1) is 16.3. The summed E-state index contributed by atoms with van der Waals surface area (Å²) in [5.41, 5.74) is -0.766. The minimum Gasteiger partial charge on any atom is -0.463 e. The molecule has 1 aromatic rings. The van der Waals surface area contributed by atoms with Crippen LogP contribution in [0.3, 0.4) is 0 Å². The number of aryl methyl sites for hydroxylation is 1. The van der Waals surface area contributed by atoms with Crippen LogP contribution in [0, 0.1) is 22.9 Å². The molecule has 0 radical (unpaired) electrons. The summed E-state index contributed by atoms with van der Waals surface area (Å²) >= 11 is 0. The van der Waals surface area contributed by atoms with Gasteiger partial charge in [-0.2, -0.15) is 4.39 Å². The lowest BCUT2D eigenvalue weighted by atomic mass is 9.98. The minimum absolute atomic E-state index is 0.126. The van der Waals surface area contributed by atoms with Gasteiger partial charge in [-0.1, -0.05) is 0 Å². The second-order valence-electron chi connectivity index (χ2n) is 7.51. The first-order valence-corrected chi connectivity index (χ1v) is 10.2. The number of nitro benzene ring substituents is 1. The van der Waals surface area contributed by atoms with Gasteiger partial charge in [-0.15, -0.1) is 0 Å². The molecule has 14 heteroatoms. The van der Waals surface area contributed by atoms with Crippen LogP contribution < -0.4 is 4.74 Å². The molecule has 1 aliphatic heterocycles. The van der Waals surface area contributed by atoms with Crippen LogP contribution in [0.2, 0.25) is 0 Å². The maximum atomic E-state index is 14.0. The second kappa shape index (κ2) is 11.6. The molecule has 1 aromatic carbocycles. The van der Waals surface area contributed by atoms with Crippen LogP contribution in [0.25, 0.3) is 0 Å². The van der Waals surface area contributed by atoms with Crippen LogP contribution in [0.15, 0.2) is 12.1 Å². The normalized spacial score (nSPS) is 23.5. The number of esters is 4. The first-order valence-electron chi connectivity index (χ1n) is 10.2. The van der Waals surface area contributed by atoms with Crippen molar-refractivity contribution in [2.24, 2.45) is 0 Å². The Balaban J connectivity index is 2.55. The fraction of sp³-hybridized carbons (Fsp3) is 0.524. The van der Waals surface area contributed by atoms with E-state index in [0.717, 1.165) is 39.8 Å². The van der Waals surface area contributed by atoms with Gasteiger partial charge in [0, 0.05) is 27.7 Å². The van der Waals surface area contributed by atoms with Crippen LogP contribution in [0.4, 0.5) is 10.1 Å². The molecule has 2 rings (SSSR count). The van der Waals surface area contributed by atoms with Crippen molar-refractivity contribution in [3.8, 4) is 5.75 Å². The fourth-order valence-electron chi connectivity index (χ4n) is 3.32. The molecular formula is C21H24FNO12. The molecule has 1 fully saturated rings. The molecule has 1 heterocycles. The number of benzene rings is 1. The van der Waals surface area contributed by atoms with Gasteiger partial charge in [0.05, 0.1) is 11.0 Å². The molecular weight excluding hydrogens is 477 g/mol. The molecule has 0 saturated carbocycles. The summed E-state index contributed by atoms with van der Waals surface area (Å²) in [6, 6.07) is 1.66. The molecule has 5 atom stereocenters. The van der Waals surface area contributed by atoms with Gasteiger partial charge >= 0.3 is 29.6 Å². The molecule has 0 amide bonds. The number of halogens is 1. The van der Waals surface area contributed by atoms with E-state index in [1.165, 1.54) is 6.92 Å². The van der Waals surface area contributed by atoms with E-state index >= 15 is 0 Å². The molecule has 0 bridgehead atoms. The Morgan fingerprint density at radius 1 is 0.943 bits per heavy atom. The zero-order chi connectivity index (χ0) is 26.4. The largest absolute Gasteiger partial charge is 0.463 e. The predicted octanol–water partition coefficient (Wildman–Crippen LogP) is 1.50. The summed E-state index contributed by atoms with van der Waals surface area (Å²) in [7, 11) is 0. The van der Waals surface area contributed by atoms with Crippen LogP contribution in [0.5, 0.6) is 5.75 Å². The molecule has 35 heavy (non-hydrogen) atoms. The smallest absolute Gasteiger partial charge is 0.308 e. The number of hydrogen-bond acceptors (Lipinski definition) is 12. The van der Waals surface area contributed by atoms with E-state index in [0.29, 0.717) is 0 Å². The minimum atomic E-state index is -1.61. The Bertz CT molecular complexity index is 1010. The van der Waals surface area contributed by atoms with Crippen molar-refractivity contribution in [1.29, 1.82) is 0 Å². The Morgan fingerprint density at radius 2 is 1.49 bits per heavy atom. The summed E-state index contributed by atoms with van der Waals surface area (Å²) in [6.45, 7) is 5.19. The van der Waals surface area contributed by atoms with E-state index in [9.17, 15) is 33.7 Å². The predicted molar refractivity (Wildman–Crippen MR) is 110 cm³/mol. The van der Waals surface area contributed by atoms with Crippen LogP contribution >= 0.6 is 0 Å². The lowest BCUT2D eigenvalue weighted by Crippen LogP contribution is -2.63. The average molecular weight is 501 g/mol. The highest BCUT2D eigenvalue weighted by Gasteiger charge is 2.53. The lowest BCUT2D eigenvalue weighted by Gasteiger charge is -2.44. The molecule has 192 valence electrons. The van der Waals surface area contributed by atoms with Gasteiger partial charge in [0.25, 0.3) is 0 Å². The van der Waals surface area contributed by atoms with Crippen molar-refractivity contribution in [2.75, 3.05) is 6.61 Å². The average Bonchev–Trinajstić information content (AvgIpc) is 2.71. The van der Waals surface area contributed by atoms with Crippen LogP contribution in [0.1, 0.15) is 33.3 Å². The van der Waals surface area contributed by atoms with Gasteiger partial charge in [0.1, 0.15) is 18.5 Å². The number of nitrogens with zero attached hydrogens (tertiary/aromatic N) is 1.